The molecule has 0 unspecified atom stereocenters. The van der Waals surface area contributed by atoms with Gasteiger partial charge in [0.05, 0.1) is 11.7 Å². The zero-order valence-corrected chi connectivity index (χ0v) is 15.9. The molecule has 0 bridgehead atoms. The van der Waals surface area contributed by atoms with Crippen LogP contribution in [0.1, 0.15) is 24.0 Å². The van der Waals surface area contributed by atoms with Crippen LogP contribution in [-0.2, 0) is 17.8 Å². The maximum absolute atomic E-state index is 10.9. The summed E-state index contributed by atoms with van der Waals surface area (Å²) in [4.78, 5) is 13.4. The number of aromatic amines is 1. The smallest absolute Gasteiger partial charge is 0.255 e. The number of fused-ring (bicyclic) bond motifs is 1. The molecule has 0 aliphatic carbocycles. The largest absolute Gasteiger partial charge is 0.484 e. The van der Waals surface area contributed by atoms with E-state index in [1.54, 1.807) is 0 Å². The molecule has 1 saturated heterocycles. The first-order chi connectivity index (χ1) is 13.7. The van der Waals surface area contributed by atoms with Crippen molar-refractivity contribution < 1.29 is 9.53 Å². The van der Waals surface area contributed by atoms with Crippen molar-refractivity contribution in [1.82, 2.24) is 15.1 Å². The maximum Gasteiger partial charge on any atom is 0.255 e. The van der Waals surface area contributed by atoms with E-state index in [2.05, 4.69) is 39.4 Å². The number of ether oxygens (including phenoxy) is 1. The van der Waals surface area contributed by atoms with Gasteiger partial charge < -0.3 is 10.5 Å². The highest BCUT2D eigenvalue weighted by Crippen LogP contribution is 2.24. The highest BCUT2D eigenvalue weighted by Gasteiger charge is 2.20. The number of H-pyrrole nitrogens is 1. The molecule has 0 radical (unpaired) electrons. The van der Waals surface area contributed by atoms with Crippen LogP contribution in [0.5, 0.6) is 5.75 Å². The molecule has 1 aliphatic rings. The van der Waals surface area contributed by atoms with Gasteiger partial charge in [0.2, 0.25) is 0 Å². The number of nitrogens with one attached hydrogen (secondary N) is 1. The molecule has 6 heteroatoms. The van der Waals surface area contributed by atoms with Gasteiger partial charge in [0.1, 0.15) is 5.75 Å². The number of nitrogens with zero attached hydrogens (tertiary/aromatic N) is 2. The van der Waals surface area contributed by atoms with E-state index in [0.29, 0.717) is 11.7 Å². The summed E-state index contributed by atoms with van der Waals surface area (Å²) < 4.78 is 5.43. The van der Waals surface area contributed by atoms with Crippen molar-refractivity contribution in [1.29, 1.82) is 0 Å². The minimum absolute atomic E-state index is 0.0871. The zero-order valence-electron chi connectivity index (χ0n) is 15.9. The third-order valence-corrected chi connectivity index (χ3v) is 5.32. The number of benzene rings is 2. The number of carbonyl (C=O) groups excluding carboxylic acids is 1. The van der Waals surface area contributed by atoms with Crippen molar-refractivity contribution in [2.45, 2.75) is 25.8 Å². The average molecular weight is 378 g/mol. The first kappa shape index (κ1) is 18.5. The number of hydrogen-bond acceptors (Lipinski definition) is 4. The van der Waals surface area contributed by atoms with Crippen LogP contribution in [0.15, 0.2) is 48.7 Å². The molecule has 1 aromatic heterocycles. The predicted octanol–water partition coefficient (Wildman–Crippen LogP) is 2.88. The van der Waals surface area contributed by atoms with Crippen LogP contribution in [-0.4, -0.2) is 40.7 Å². The van der Waals surface area contributed by atoms with E-state index in [4.69, 9.17) is 10.5 Å². The molecule has 0 spiro atoms. The molecule has 3 N–H and O–H groups in total. The Labute approximate surface area is 164 Å². The molecular weight excluding hydrogens is 352 g/mol. The quantitative estimate of drug-likeness (QED) is 0.662. The third kappa shape index (κ3) is 4.70. The summed E-state index contributed by atoms with van der Waals surface area (Å²) in [6.07, 6.45) is 5.47. The second kappa shape index (κ2) is 8.44. The number of aromatic nitrogens is 2. The molecule has 0 saturated carbocycles. The number of primary amides is 1. The minimum atomic E-state index is -0.460. The molecule has 1 atom stereocenters. The Morgan fingerprint density at radius 2 is 2.18 bits per heavy atom. The van der Waals surface area contributed by atoms with Gasteiger partial charge in [0.25, 0.3) is 5.91 Å². The Kier molecular flexibility index (Phi) is 5.58. The summed E-state index contributed by atoms with van der Waals surface area (Å²) in [7, 11) is 0. The number of piperidine rings is 1. The molecular formula is C22H26N4O2. The number of amides is 1. The van der Waals surface area contributed by atoms with Crippen molar-refractivity contribution in [2.24, 2.45) is 11.7 Å². The van der Waals surface area contributed by atoms with Gasteiger partial charge in [0.15, 0.2) is 6.61 Å². The van der Waals surface area contributed by atoms with Crippen molar-refractivity contribution in [3.05, 3.63) is 59.8 Å². The molecule has 1 amide bonds. The van der Waals surface area contributed by atoms with Gasteiger partial charge in [0, 0.05) is 18.5 Å². The number of hydrogen-bond donors (Lipinski definition) is 2. The molecule has 28 heavy (non-hydrogen) atoms. The lowest BCUT2D eigenvalue weighted by atomic mass is 9.90. The van der Waals surface area contributed by atoms with Gasteiger partial charge in [-0.1, -0.05) is 18.2 Å². The Morgan fingerprint density at radius 3 is 3.07 bits per heavy atom. The Bertz CT molecular complexity index is 952. The Morgan fingerprint density at radius 1 is 1.25 bits per heavy atom. The molecule has 1 aliphatic heterocycles. The second-order valence-corrected chi connectivity index (χ2v) is 7.64. The summed E-state index contributed by atoms with van der Waals surface area (Å²) in [5.74, 6) is 0.892. The van der Waals surface area contributed by atoms with E-state index >= 15 is 0 Å². The van der Waals surface area contributed by atoms with Gasteiger partial charge in [-0.15, -0.1) is 0 Å². The van der Waals surface area contributed by atoms with Crippen molar-refractivity contribution in [3.8, 4) is 5.75 Å². The van der Waals surface area contributed by atoms with E-state index < -0.39 is 5.91 Å². The highest BCUT2D eigenvalue weighted by molar-refractivity contribution is 5.78. The fourth-order valence-electron chi connectivity index (χ4n) is 4.06. The molecule has 1 fully saturated rings. The monoisotopic (exact) mass is 378 g/mol. The van der Waals surface area contributed by atoms with Gasteiger partial charge in [-0.3, -0.25) is 14.8 Å². The summed E-state index contributed by atoms with van der Waals surface area (Å²) in [5.41, 5.74) is 8.82. The summed E-state index contributed by atoms with van der Waals surface area (Å²) in [5, 5.41) is 8.30. The van der Waals surface area contributed by atoms with E-state index in [1.807, 2.05) is 24.4 Å². The Hall–Kier alpha value is -2.86. The van der Waals surface area contributed by atoms with Crippen LogP contribution in [0.3, 0.4) is 0 Å². The lowest BCUT2D eigenvalue weighted by Crippen LogP contribution is -2.35. The second-order valence-electron chi connectivity index (χ2n) is 7.64. The predicted molar refractivity (Wildman–Crippen MR) is 109 cm³/mol. The van der Waals surface area contributed by atoms with Gasteiger partial charge in [-0.25, -0.2) is 0 Å². The molecule has 4 rings (SSSR count). The van der Waals surface area contributed by atoms with E-state index in [1.165, 1.54) is 29.4 Å². The molecule has 3 aromatic rings. The van der Waals surface area contributed by atoms with E-state index in [0.717, 1.165) is 31.6 Å². The lowest BCUT2D eigenvalue weighted by molar-refractivity contribution is -0.119. The van der Waals surface area contributed by atoms with Gasteiger partial charge in [-0.05, 0) is 67.1 Å². The van der Waals surface area contributed by atoms with Crippen LogP contribution < -0.4 is 10.5 Å². The fourth-order valence-corrected chi connectivity index (χ4v) is 4.06. The van der Waals surface area contributed by atoms with Crippen molar-refractivity contribution >= 4 is 16.8 Å². The summed E-state index contributed by atoms with van der Waals surface area (Å²) in [6, 6.07) is 14.5. The SMILES string of the molecule is NC(=O)COc1cccc(CN2CCC[C@H](Cc3ccc4[nH]ncc4c3)C2)c1. The summed E-state index contributed by atoms with van der Waals surface area (Å²) in [6.45, 7) is 3.01. The van der Waals surface area contributed by atoms with Gasteiger partial charge in [-0.2, -0.15) is 5.10 Å². The van der Waals surface area contributed by atoms with Crippen LogP contribution in [0.25, 0.3) is 10.9 Å². The van der Waals surface area contributed by atoms with E-state index in [9.17, 15) is 4.79 Å². The Balaban J connectivity index is 1.35. The van der Waals surface area contributed by atoms with E-state index in [-0.39, 0.29) is 6.61 Å². The van der Waals surface area contributed by atoms with Gasteiger partial charge >= 0.3 is 0 Å². The van der Waals surface area contributed by atoms with Crippen LogP contribution in [0, 0.1) is 5.92 Å². The molecule has 146 valence electrons. The van der Waals surface area contributed by atoms with Crippen molar-refractivity contribution in [2.75, 3.05) is 19.7 Å². The number of nitrogens with two attached hydrogens (primary N) is 1. The topological polar surface area (TPSA) is 84.2 Å². The highest BCUT2D eigenvalue weighted by atomic mass is 16.5. The first-order valence-corrected chi connectivity index (χ1v) is 9.80. The number of rotatable bonds is 7. The number of carbonyl (C=O) groups is 1. The molecule has 2 aromatic carbocycles. The maximum atomic E-state index is 10.9. The standard InChI is InChI=1S/C22H26N4O2/c23-22(27)15-28-20-5-1-3-18(11-20)14-26-8-2-4-17(13-26)9-16-6-7-21-19(10-16)12-24-25-21/h1,3,5-7,10-12,17H,2,4,8-9,13-15H2,(H2,23,27)(H,24,25)/t17-/m1/s1. The third-order valence-electron chi connectivity index (χ3n) is 5.32. The lowest BCUT2D eigenvalue weighted by Gasteiger charge is -2.33. The zero-order chi connectivity index (χ0) is 19.3. The van der Waals surface area contributed by atoms with Crippen LogP contribution in [0.4, 0.5) is 0 Å². The fraction of sp³-hybridized carbons (Fsp3) is 0.364. The average Bonchev–Trinajstić information content (AvgIpc) is 3.15. The summed E-state index contributed by atoms with van der Waals surface area (Å²) >= 11 is 0. The van der Waals surface area contributed by atoms with Crippen LogP contribution in [0.2, 0.25) is 0 Å². The first-order valence-electron chi connectivity index (χ1n) is 9.80. The van der Waals surface area contributed by atoms with Crippen LogP contribution >= 0.6 is 0 Å². The minimum Gasteiger partial charge on any atom is -0.484 e. The normalized spacial score (nSPS) is 17.6. The van der Waals surface area contributed by atoms with Crippen molar-refractivity contribution in [3.63, 3.8) is 0 Å². The number of likely N-dealkylation sites (tertiary alicyclic amines) is 1. The molecule has 6 nitrogen and oxygen atoms in total. The molecule has 2 heterocycles.